The Hall–Kier alpha value is -4.40. The van der Waals surface area contributed by atoms with E-state index in [1.807, 2.05) is 0 Å². The number of hydrogen-bond acceptors (Lipinski definition) is 8. The molecule has 0 radical (unpaired) electrons. The standard InChI is InChI=1S/C21H15N5O4/c27-18-9-15-8-17-20(30-13-29-17)19-16(15)11-26(18)5-4-22-3-1-6-28-7-2-14-10-23-12-24-21(14)25-19/h1-12,27H,13H2. The minimum Gasteiger partial charge on any atom is -0.494 e. The first-order valence-electron chi connectivity index (χ1n) is 8.99. The van der Waals surface area contributed by atoms with Gasteiger partial charge in [0.15, 0.2) is 23.0 Å². The Morgan fingerprint density at radius 2 is 2.07 bits per heavy atom. The summed E-state index contributed by atoms with van der Waals surface area (Å²) >= 11 is 0. The quantitative estimate of drug-likeness (QED) is 0.604. The highest BCUT2D eigenvalue weighted by atomic mass is 16.7. The Morgan fingerprint density at radius 1 is 1.10 bits per heavy atom. The van der Waals surface area contributed by atoms with Crippen molar-refractivity contribution in [2.75, 3.05) is 6.79 Å². The summed E-state index contributed by atoms with van der Waals surface area (Å²) in [6.07, 6.45) is 14.1. The molecule has 148 valence electrons. The molecule has 9 nitrogen and oxygen atoms in total. The van der Waals surface area contributed by atoms with E-state index in [0.717, 1.165) is 10.9 Å². The molecule has 1 aromatic carbocycles. The SMILES string of the molecule is OC1=Cc2cc3c(c4nc5ncncc5ccocccnccn1cc24)OCO3. The number of hydrogen-bond donors (Lipinski definition) is 1. The van der Waals surface area contributed by atoms with Crippen LogP contribution in [-0.4, -0.2) is 36.4 Å². The van der Waals surface area contributed by atoms with E-state index in [1.165, 1.54) is 23.4 Å². The maximum absolute atomic E-state index is 10.4. The van der Waals surface area contributed by atoms with Crippen molar-refractivity contribution in [2.24, 2.45) is 0 Å². The lowest BCUT2D eigenvalue weighted by molar-refractivity contribution is 0.174. The molecule has 2 aromatic heterocycles. The highest BCUT2D eigenvalue weighted by Gasteiger charge is 2.21. The molecule has 0 unspecified atom stereocenters. The van der Waals surface area contributed by atoms with Gasteiger partial charge >= 0.3 is 0 Å². The molecule has 9 heteroatoms. The molecule has 2 aliphatic rings. The summed E-state index contributed by atoms with van der Waals surface area (Å²) in [7, 11) is 0. The second-order valence-electron chi connectivity index (χ2n) is 6.28. The predicted octanol–water partition coefficient (Wildman–Crippen LogP) is 3.90. The van der Waals surface area contributed by atoms with E-state index in [0.29, 0.717) is 28.0 Å². The van der Waals surface area contributed by atoms with Crippen LogP contribution in [0.5, 0.6) is 11.5 Å². The largest absolute Gasteiger partial charge is 0.494 e. The van der Waals surface area contributed by atoms with E-state index < -0.39 is 0 Å². The predicted molar refractivity (Wildman–Crippen MR) is 109 cm³/mol. The lowest BCUT2D eigenvalue weighted by atomic mass is 10.1. The summed E-state index contributed by atoms with van der Waals surface area (Å²) in [6, 6.07) is 5.15. The van der Waals surface area contributed by atoms with Gasteiger partial charge < -0.3 is 19.0 Å². The number of nitrogens with zero attached hydrogens (tertiary/aromatic N) is 5. The molecule has 0 aliphatic carbocycles. The van der Waals surface area contributed by atoms with E-state index in [9.17, 15) is 5.11 Å². The van der Waals surface area contributed by atoms with Gasteiger partial charge in [-0.3, -0.25) is 9.55 Å². The Balaban J connectivity index is 1.96. The van der Waals surface area contributed by atoms with Gasteiger partial charge in [-0.25, -0.2) is 15.0 Å². The van der Waals surface area contributed by atoms with Gasteiger partial charge in [-0.15, -0.1) is 0 Å². The molecular formula is C21H15N5O4. The maximum atomic E-state index is 10.4. The van der Waals surface area contributed by atoms with Crippen molar-refractivity contribution in [3.8, 4) is 11.5 Å². The zero-order valence-electron chi connectivity index (χ0n) is 15.5. The fraction of sp³-hybridized carbons (Fsp3) is 0.0476. The van der Waals surface area contributed by atoms with Gasteiger partial charge in [0.2, 0.25) is 6.79 Å². The molecule has 1 N–H and O–H groups in total. The van der Waals surface area contributed by atoms with Crippen molar-refractivity contribution in [2.45, 2.75) is 0 Å². The first kappa shape index (κ1) is 17.7. The van der Waals surface area contributed by atoms with Crippen LogP contribution >= 0.6 is 0 Å². The van der Waals surface area contributed by atoms with Crippen LogP contribution in [-0.2, 0) is 0 Å². The third kappa shape index (κ3) is 3.28. The Labute approximate surface area is 169 Å². The van der Waals surface area contributed by atoms with E-state index in [-0.39, 0.29) is 12.7 Å². The summed E-state index contributed by atoms with van der Waals surface area (Å²) < 4.78 is 18.1. The first-order chi connectivity index (χ1) is 14.8. The molecule has 30 heavy (non-hydrogen) atoms. The lowest BCUT2D eigenvalue weighted by Gasteiger charge is -2.12. The molecule has 0 fully saturated rings. The lowest BCUT2D eigenvalue weighted by Crippen LogP contribution is -2.00. The van der Waals surface area contributed by atoms with Crippen molar-refractivity contribution in [3.63, 3.8) is 0 Å². The fourth-order valence-electron chi connectivity index (χ4n) is 3.06. The van der Waals surface area contributed by atoms with Crippen molar-refractivity contribution < 1.29 is 19.0 Å². The van der Waals surface area contributed by atoms with Gasteiger partial charge in [-0.1, -0.05) is 0 Å². The van der Waals surface area contributed by atoms with Crippen molar-refractivity contribution in [3.05, 3.63) is 73.6 Å². The van der Waals surface area contributed by atoms with E-state index in [4.69, 9.17) is 18.9 Å². The van der Waals surface area contributed by atoms with Crippen molar-refractivity contribution >= 4 is 33.9 Å². The van der Waals surface area contributed by atoms with Crippen LogP contribution in [0.3, 0.4) is 0 Å². The third-order valence-corrected chi connectivity index (χ3v) is 4.43. The Kier molecular flexibility index (Phi) is 4.45. The Bertz CT molecular complexity index is 1360. The van der Waals surface area contributed by atoms with E-state index in [1.54, 1.807) is 55.3 Å². The summed E-state index contributed by atoms with van der Waals surface area (Å²) in [5.74, 6) is 1.09. The van der Waals surface area contributed by atoms with Crippen LogP contribution < -0.4 is 9.47 Å². The zero-order valence-corrected chi connectivity index (χ0v) is 15.5. The van der Waals surface area contributed by atoms with Gasteiger partial charge in [-0.05, 0) is 23.8 Å². The molecule has 0 amide bonds. The first-order valence-corrected chi connectivity index (χ1v) is 8.99. The van der Waals surface area contributed by atoms with Crippen LogP contribution in [0.2, 0.25) is 0 Å². The molecule has 0 saturated heterocycles. The summed E-state index contributed by atoms with van der Waals surface area (Å²) in [4.78, 5) is 17.2. The van der Waals surface area contributed by atoms with E-state index >= 15 is 0 Å². The molecule has 2 bridgehead atoms. The molecule has 3 aromatic rings. The second kappa shape index (κ2) is 7.55. The molecule has 0 saturated carbocycles. The number of fused-ring (bicyclic) bond motifs is 4. The van der Waals surface area contributed by atoms with Gasteiger partial charge in [0.1, 0.15) is 11.8 Å². The molecule has 0 spiro atoms. The molecule has 2 aliphatic heterocycles. The van der Waals surface area contributed by atoms with Gasteiger partial charge in [0.05, 0.1) is 12.5 Å². The molecule has 0 atom stereocenters. The number of benzene rings is 1. The van der Waals surface area contributed by atoms with Crippen LogP contribution in [0.4, 0.5) is 0 Å². The monoisotopic (exact) mass is 401 g/mol. The Morgan fingerprint density at radius 3 is 3.03 bits per heavy atom. The number of aliphatic hydroxyl groups excluding tert-OH is 1. The molecule has 4 heterocycles. The number of ether oxygens (including phenoxy) is 2. The number of aliphatic hydroxyl groups is 1. The maximum Gasteiger partial charge on any atom is 0.231 e. The minimum atomic E-state index is 0.0319. The summed E-state index contributed by atoms with van der Waals surface area (Å²) in [5, 5.41) is 11.8. The van der Waals surface area contributed by atoms with Crippen molar-refractivity contribution in [1.82, 2.24) is 24.5 Å². The van der Waals surface area contributed by atoms with E-state index in [2.05, 4.69) is 15.0 Å². The van der Waals surface area contributed by atoms with Crippen LogP contribution in [0.1, 0.15) is 5.56 Å². The average molecular weight is 401 g/mol. The molecule has 5 rings (SSSR count). The smallest absolute Gasteiger partial charge is 0.231 e. The number of aromatic nitrogens is 5. The average Bonchev–Trinajstić information content (AvgIpc) is 3.21. The van der Waals surface area contributed by atoms with Crippen LogP contribution in [0.25, 0.3) is 33.9 Å². The van der Waals surface area contributed by atoms with Gasteiger partial charge in [0, 0.05) is 47.8 Å². The number of rotatable bonds is 0. The topological polar surface area (TPSA) is 108 Å². The second-order valence-corrected chi connectivity index (χ2v) is 6.28. The minimum absolute atomic E-state index is 0.0319. The summed E-state index contributed by atoms with van der Waals surface area (Å²) in [6.45, 7) is 0.0888. The summed E-state index contributed by atoms with van der Waals surface area (Å²) in [5.41, 5.74) is 1.71. The van der Waals surface area contributed by atoms with Gasteiger partial charge in [-0.2, -0.15) is 0 Å². The van der Waals surface area contributed by atoms with Crippen LogP contribution in [0.15, 0.2) is 72.5 Å². The van der Waals surface area contributed by atoms with Gasteiger partial charge in [0.25, 0.3) is 0 Å². The third-order valence-electron chi connectivity index (χ3n) is 4.43. The van der Waals surface area contributed by atoms with Crippen molar-refractivity contribution in [1.29, 1.82) is 0 Å². The van der Waals surface area contributed by atoms with Crippen LogP contribution in [0, 0.1) is 0 Å². The fourth-order valence-corrected chi connectivity index (χ4v) is 3.06. The molecular weight excluding hydrogens is 386 g/mol. The zero-order chi connectivity index (χ0) is 20.3. The highest BCUT2D eigenvalue weighted by molar-refractivity contribution is 5.98. The normalized spacial score (nSPS) is 12.7. The highest BCUT2D eigenvalue weighted by Crippen LogP contribution is 2.41.